The predicted octanol–water partition coefficient (Wildman–Crippen LogP) is 6.00. The molecule has 1 atom stereocenters. The lowest BCUT2D eigenvalue weighted by molar-refractivity contribution is -0.132. The van der Waals surface area contributed by atoms with Crippen molar-refractivity contribution in [2.24, 2.45) is 0 Å². The summed E-state index contributed by atoms with van der Waals surface area (Å²) in [7, 11) is 0. The molecule has 1 saturated heterocycles. The zero-order chi connectivity index (χ0) is 25.4. The number of carbonyl (C=O) groups is 2. The molecule has 0 radical (unpaired) electrons. The zero-order valence-electron chi connectivity index (χ0n) is 19.9. The Kier molecular flexibility index (Phi) is 6.59. The third-order valence-electron chi connectivity index (χ3n) is 6.24. The average molecular weight is 492 g/mol. The number of hydrogen-bond acceptors (Lipinski definition) is 5. The maximum Gasteiger partial charge on any atom is 0.300 e. The number of anilines is 1. The van der Waals surface area contributed by atoms with Crippen molar-refractivity contribution in [1.29, 1.82) is 0 Å². The molecule has 1 unspecified atom stereocenters. The lowest BCUT2D eigenvalue weighted by Crippen LogP contribution is -2.30. The highest BCUT2D eigenvalue weighted by atomic mass is 35.5. The van der Waals surface area contributed by atoms with E-state index in [4.69, 9.17) is 16.3 Å². The van der Waals surface area contributed by atoms with Crippen LogP contribution in [0, 0.1) is 20.8 Å². The van der Waals surface area contributed by atoms with Crippen LogP contribution in [0.15, 0.2) is 60.2 Å². The first-order valence-electron chi connectivity index (χ1n) is 11.2. The van der Waals surface area contributed by atoms with Gasteiger partial charge < -0.3 is 14.9 Å². The van der Waals surface area contributed by atoms with E-state index in [1.165, 1.54) is 11.0 Å². The van der Waals surface area contributed by atoms with Gasteiger partial charge in [0.05, 0.1) is 18.2 Å². The molecule has 35 heavy (non-hydrogen) atoms. The molecule has 2 N–H and O–H groups in total. The maximum absolute atomic E-state index is 13.4. The Balaban J connectivity index is 1.99. The summed E-state index contributed by atoms with van der Waals surface area (Å²) in [4.78, 5) is 28.1. The molecule has 1 heterocycles. The number of phenolic OH excluding ortho intramolecular Hbond substituents is 1. The smallest absolute Gasteiger partial charge is 0.300 e. The van der Waals surface area contributed by atoms with E-state index in [1.54, 1.807) is 56.3 Å². The lowest BCUT2D eigenvalue weighted by atomic mass is 9.93. The monoisotopic (exact) mass is 491 g/mol. The van der Waals surface area contributed by atoms with Gasteiger partial charge in [0.2, 0.25) is 0 Å². The van der Waals surface area contributed by atoms with Crippen molar-refractivity contribution in [2.75, 3.05) is 11.5 Å². The van der Waals surface area contributed by atoms with Crippen molar-refractivity contribution in [3.8, 4) is 11.5 Å². The number of rotatable bonds is 5. The quantitative estimate of drug-likeness (QED) is 0.260. The molecule has 180 valence electrons. The molecule has 3 aromatic carbocycles. The number of ketones is 1. The minimum atomic E-state index is -0.948. The van der Waals surface area contributed by atoms with E-state index in [1.807, 2.05) is 19.9 Å². The Morgan fingerprint density at radius 2 is 1.71 bits per heavy atom. The van der Waals surface area contributed by atoms with Crippen molar-refractivity contribution in [3.63, 3.8) is 0 Å². The van der Waals surface area contributed by atoms with Crippen LogP contribution in [-0.4, -0.2) is 28.5 Å². The molecule has 1 aliphatic heterocycles. The van der Waals surface area contributed by atoms with Crippen LogP contribution in [0.5, 0.6) is 11.5 Å². The number of nitrogens with zero attached hydrogens (tertiary/aromatic N) is 1. The van der Waals surface area contributed by atoms with Crippen molar-refractivity contribution in [3.05, 3.63) is 93.0 Å². The van der Waals surface area contributed by atoms with E-state index in [-0.39, 0.29) is 22.8 Å². The summed E-state index contributed by atoms with van der Waals surface area (Å²) in [6.07, 6.45) is 0. The fourth-order valence-electron chi connectivity index (χ4n) is 4.30. The van der Waals surface area contributed by atoms with Crippen LogP contribution in [0.1, 0.15) is 40.8 Å². The number of ether oxygens (including phenoxy) is 1. The normalized spacial score (nSPS) is 17.2. The SMILES string of the molecule is CCOc1cc(C2/C(=C(\O)c3ccc(C)c(C)c3)C(=O)C(=O)N2c2ccc(Cl)cc2C)ccc1O. The molecule has 7 heteroatoms. The van der Waals surface area contributed by atoms with Crippen LogP contribution in [0.2, 0.25) is 5.02 Å². The fraction of sp³-hybridized carbons (Fsp3) is 0.214. The van der Waals surface area contributed by atoms with Crippen molar-refractivity contribution < 1.29 is 24.5 Å². The second kappa shape index (κ2) is 9.47. The topological polar surface area (TPSA) is 87.1 Å². The lowest BCUT2D eigenvalue weighted by Gasteiger charge is -2.27. The van der Waals surface area contributed by atoms with Gasteiger partial charge in [-0.1, -0.05) is 29.8 Å². The van der Waals surface area contributed by atoms with Gasteiger partial charge in [-0.25, -0.2) is 0 Å². The van der Waals surface area contributed by atoms with Crippen LogP contribution >= 0.6 is 11.6 Å². The summed E-state index contributed by atoms with van der Waals surface area (Å²) in [5.41, 5.74) is 4.07. The Bertz CT molecular complexity index is 1380. The molecule has 0 aromatic heterocycles. The number of aliphatic hydroxyl groups is 1. The number of carbonyl (C=O) groups excluding carboxylic acids is 2. The Labute approximate surface area is 209 Å². The molecule has 6 nitrogen and oxygen atoms in total. The number of phenols is 1. The zero-order valence-corrected chi connectivity index (χ0v) is 20.7. The third-order valence-corrected chi connectivity index (χ3v) is 6.48. The van der Waals surface area contributed by atoms with Crippen LogP contribution in [-0.2, 0) is 9.59 Å². The van der Waals surface area contributed by atoms with E-state index in [0.717, 1.165) is 11.1 Å². The number of Topliss-reactive ketones (excluding diaryl/α,β-unsaturated/α-hetero) is 1. The van der Waals surface area contributed by atoms with Gasteiger partial charge in [0.1, 0.15) is 5.76 Å². The van der Waals surface area contributed by atoms with Gasteiger partial charge in [-0.2, -0.15) is 0 Å². The first-order valence-corrected chi connectivity index (χ1v) is 11.6. The molecule has 0 spiro atoms. The van der Waals surface area contributed by atoms with Crippen molar-refractivity contribution in [1.82, 2.24) is 0 Å². The second-order valence-corrected chi connectivity index (χ2v) is 9.00. The van der Waals surface area contributed by atoms with E-state index in [9.17, 15) is 19.8 Å². The molecule has 1 aliphatic rings. The molecule has 4 rings (SSSR count). The molecular formula is C28H26ClNO5. The molecule has 0 bridgehead atoms. The van der Waals surface area contributed by atoms with Gasteiger partial charge >= 0.3 is 0 Å². The highest BCUT2D eigenvalue weighted by Gasteiger charge is 2.47. The van der Waals surface area contributed by atoms with Gasteiger partial charge in [-0.15, -0.1) is 0 Å². The van der Waals surface area contributed by atoms with Gasteiger partial charge in [0, 0.05) is 16.3 Å². The number of aromatic hydroxyl groups is 1. The Hall–Kier alpha value is -3.77. The number of amides is 1. The van der Waals surface area contributed by atoms with Crippen LogP contribution in [0.3, 0.4) is 0 Å². The number of hydrogen-bond donors (Lipinski definition) is 2. The van der Waals surface area contributed by atoms with E-state index in [0.29, 0.717) is 34.0 Å². The largest absolute Gasteiger partial charge is 0.507 e. The van der Waals surface area contributed by atoms with Gasteiger partial charge in [-0.05, 0) is 86.3 Å². The van der Waals surface area contributed by atoms with E-state index >= 15 is 0 Å². The number of aliphatic hydroxyl groups excluding tert-OH is 1. The molecular weight excluding hydrogens is 466 g/mol. The second-order valence-electron chi connectivity index (χ2n) is 8.56. The summed E-state index contributed by atoms with van der Waals surface area (Å²) in [5, 5.41) is 22.1. The van der Waals surface area contributed by atoms with E-state index in [2.05, 4.69) is 0 Å². The van der Waals surface area contributed by atoms with Crippen molar-refractivity contribution >= 4 is 34.7 Å². The molecule has 1 amide bonds. The molecule has 0 aliphatic carbocycles. The predicted molar refractivity (Wildman–Crippen MR) is 136 cm³/mol. The summed E-state index contributed by atoms with van der Waals surface area (Å²) in [6.45, 7) is 7.76. The van der Waals surface area contributed by atoms with Crippen LogP contribution < -0.4 is 9.64 Å². The summed E-state index contributed by atoms with van der Waals surface area (Å²) < 4.78 is 5.55. The van der Waals surface area contributed by atoms with Crippen LogP contribution in [0.25, 0.3) is 5.76 Å². The van der Waals surface area contributed by atoms with Gasteiger partial charge in [0.25, 0.3) is 11.7 Å². The van der Waals surface area contributed by atoms with Gasteiger partial charge in [-0.3, -0.25) is 14.5 Å². The standard InChI is InChI=1S/C28H26ClNO5/c1-5-35-23-14-18(8-11-22(23)31)25-24(26(32)19-7-6-15(2)16(3)12-19)27(33)28(34)30(25)21-10-9-20(29)13-17(21)4/h6-14,25,31-32H,5H2,1-4H3/b26-24+. The summed E-state index contributed by atoms with van der Waals surface area (Å²) >= 11 is 6.14. The van der Waals surface area contributed by atoms with Crippen LogP contribution in [0.4, 0.5) is 5.69 Å². The highest BCUT2D eigenvalue weighted by Crippen LogP contribution is 2.45. The highest BCUT2D eigenvalue weighted by molar-refractivity contribution is 6.51. The average Bonchev–Trinajstić information content (AvgIpc) is 3.07. The minimum Gasteiger partial charge on any atom is -0.507 e. The maximum atomic E-state index is 13.4. The third kappa shape index (κ3) is 4.37. The van der Waals surface area contributed by atoms with Crippen molar-refractivity contribution in [2.45, 2.75) is 33.7 Å². The molecule has 3 aromatic rings. The number of halogens is 1. The minimum absolute atomic E-state index is 0.0410. The Morgan fingerprint density at radius 1 is 0.971 bits per heavy atom. The number of aryl methyl sites for hydroxylation is 3. The summed E-state index contributed by atoms with van der Waals surface area (Å²) in [6, 6.07) is 14.1. The van der Waals surface area contributed by atoms with E-state index < -0.39 is 17.7 Å². The van der Waals surface area contributed by atoms with Gasteiger partial charge in [0.15, 0.2) is 11.5 Å². The first kappa shape index (κ1) is 24.4. The fourth-order valence-corrected chi connectivity index (χ4v) is 4.53. The summed E-state index contributed by atoms with van der Waals surface area (Å²) in [5.74, 6) is -1.68. The number of benzene rings is 3. The molecule has 1 fully saturated rings. The Morgan fingerprint density at radius 3 is 2.37 bits per heavy atom. The first-order chi connectivity index (χ1) is 16.6. The molecule has 0 saturated carbocycles.